The van der Waals surface area contributed by atoms with E-state index in [2.05, 4.69) is 30.0 Å². The summed E-state index contributed by atoms with van der Waals surface area (Å²) in [5, 5.41) is 31.5. The predicted octanol–water partition coefficient (Wildman–Crippen LogP) is 4.92. The molecular weight excluding hydrogens is 528 g/mol. The highest BCUT2D eigenvalue weighted by molar-refractivity contribution is 6.06. The molecule has 2 aromatic carbocycles. The van der Waals surface area contributed by atoms with Crippen LogP contribution in [-0.4, -0.2) is 68.8 Å². The Hall–Kier alpha value is -3.26. The van der Waals surface area contributed by atoms with E-state index in [9.17, 15) is 24.9 Å². The molecule has 42 heavy (non-hydrogen) atoms. The number of aliphatic hydroxyl groups excluding tert-OH is 2. The van der Waals surface area contributed by atoms with Crippen LogP contribution in [0, 0.1) is 17.8 Å². The number of fused-ring (bicyclic) bond motifs is 1. The molecule has 0 saturated carbocycles. The molecule has 2 aromatic rings. The molecule has 0 spiro atoms. The molecule has 224 valence electrons. The molecule has 0 bridgehead atoms. The van der Waals surface area contributed by atoms with Gasteiger partial charge < -0.3 is 15.3 Å². The predicted molar refractivity (Wildman–Crippen MR) is 163 cm³/mol. The molecule has 0 radical (unpaired) electrons. The van der Waals surface area contributed by atoms with E-state index in [0.717, 1.165) is 55.6 Å². The molecule has 0 unspecified atom stereocenters. The summed E-state index contributed by atoms with van der Waals surface area (Å²) in [6.07, 6.45) is 5.21. The first-order chi connectivity index (χ1) is 20.3. The topological polar surface area (TPSA) is 101 Å². The first kappa shape index (κ1) is 30.2. The number of allylic oxidation sites excluding steroid dienone is 2. The van der Waals surface area contributed by atoms with Crippen molar-refractivity contribution in [3.8, 4) is 5.75 Å². The van der Waals surface area contributed by atoms with Gasteiger partial charge in [-0.15, -0.1) is 0 Å². The van der Waals surface area contributed by atoms with E-state index in [1.165, 1.54) is 16.0 Å². The Kier molecular flexibility index (Phi) is 9.61. The lowest BCUT2D eigenvalue weighted by molar-refractivity contribution is -0.144. The molecule has 0 aromatic heterocycles. The van der Waals surface area contributed by atoms with Crippen molar-refractivity contribution in [3.05, 3.63) is 82.4 Å². The van der Waals surface area contributed by atoms with Gasteiger partial charge in [0.1, 0.15) is 5.75 Å². The standard InChI is InChI=1S/C35H44N2O5/c1-3-24(20-25-9-12-28(39)13-10-25)11-14-31(40)32-23(2)19-29-33(30(32)22-38)35(42)37(34(29)41)27-15-17-36(18-16-27)21-26-7-5-4-6-8-26/h4-10,12-13,20,27,29-31,33,38-40H,3,11,14-19,21-22H2,1-2H3/b24-20+/t29-,30+,31-,33-/m1/s1. The van der Waals surface area contributed by atoms with Gasteiger partial charge in [-0.3, -0.25) is 19.4 Å². The number of rotatable bonds is 10. The average Bonchev–Trinajstić information content (AvgIpc) is 3.25. The summed E-state index contributed by atoms with van der Waals surface area (Å²) in [4.78, 5) is 31.4. The van der Waals surface area contributed by atoms with Crippen molar-refractivity contribution >= 4 is 17.9 Å². The molecule has 5 rings (SSSR count). The Morgan fingerprint density at radius 2 is 1.71 bits per heavy atom. The van der Waals surface area contributed by atoms with Crippen LogP contribution < -0.4 is 0 Å². The van der Waals surface area contributed by atoms with Gasteiger partial charge in [0, 0.05) is 31.6 Å². The second-order valence-corrected chi connectivity index (χ2v) is 12.2. The number of aliphatic hydroxyl groups is 2. The van der Waals surface area contributed by atoms with E-state index < -0.39 is 23.9 Å². The molecular formula is C35H44N2O5. The molecule has 2 saturated heterocycles. The number of amides is 2. The number of benzene rings is 2. The zero-order valence-electron chi connectivity index (χ0n) is 24.8. The number of nitrogens with zero attached hydrogens (tertiary/aromatic N) is 2. The highest BCUT2D eigenvalue weighted by Gasteiger charge is 2.56. The number of hydrogen-bond donors (Lipinski definition) is 3. The quantitative estimate of drug-likeness (QED) is 0.276. The van der Waals surface area contributed by atoms with Gasteiger partial charge in [-0.2, -0.15) is 0 Å². The number of hydrogen-bond acceptors (Lipinski definition) is 6. The number of imide groups is 1. The van der Waals surface area contributed by atoms with Crippen LogP contribution in [0.5, 0.6) is 5.75 Å². The van der Waals surface area contributed by atoms with E-state index in [0.29, 0.717) is 19.3 Å². The smallest absolute Gasteiger partial charge is 0.234 e. The monoisotopic (exact) mass is 572 g/mol. The fourth-order valence-electron chi connectivity index (χ4n) is 7.31. The fraction of sp³-hybridized carbons (Fsp3) is 0.486. The van der Waals surface area contributed by atoms with Crippen LogP contribution >= 0.6 is 0 Å². The highest BCUT2D eigenvalue weighted by Crippen LogP contribution is 2.47. The number of carbonyl (C=O) groups excluding carboxylic acids is 2. The summed E-state index contributed by atoms with van der Waals surface area (Å²) in [7, 11) is 0. The molecule has 2 fully saturated rings. The maximum atomic E-state index is 13.9. The zero-order chi connectivity index (χ0) is 29.8. The van der Waals surface area contributed by atoms with Crippen molar-refractivity contribution in [2.45, 2.75) is 71.1 Å². The second-order valence-electron chi connectivity index (χ2n) is 12.2. The van der Waals surface area contributed by atoms with Gasteiger partial charge in [-0.25, -0.2) is 0 Å². The third-order valence-electron chi connectivity index (χ3n) is 9.55. The van der Waals surface area contributed by atoms with Crippen LogP contribution in [0.1, 0.15) is 63.5 Å². The van der Waals surface area contributed by atoms with Crippen molar-refractivity contribution in [1.29, 1.82) is 0 Å². The number of carbonyl (C=O) groups is 2. The van der Waals surface area contributed by atoms with Gasteiger partial charge in [-0.1, -0.05) is 66.6 Å². The summed E-state index contributed by atoms with van der Waals surface area (Å²) in [5.41, 5.74) is 5.08. The van der Waals surface area contributed by atoms with Crippen LogP contribution in [0.15, 0.2) is 71.3 Å². The summed E-state index contributed by atoms with van der Waals surface area (Å²) >= 11 is 0. The van der Waals surface area contributed by atoms with Gasteiger partial charge in [0.2, 0.25) is 11.8 Å². The third kappa shape index (κ3) is 6.38. The highest BCUT2D eigenvalue weighted by atomic mass is 16.3. The minimum Gasteiger partial charge on any atom is -0.508 e. The fourth-order valence-corrected chi connectivity index (χ4v) is 7.31. The number of piperidine rings is 1. The Morgan fingerprint density at radius 3 is 2.36 bits per heavy atom. The number of phenols is 1. The molecule has 2 amide bonds. The van der Waals surface area contributed by atoms with E-state index in [1.807, 2.05) is 37.3 Å². The van der Waals surface area contributed by atoms with Crippen LogP contribution in [0.3, 0.4) is 0 Å². The number of aromatic hydroxyl groups is 1. The van der Waals surface area contributed by atoms with E-state index in [-0.39, 0.29) is 30.2 Å². The molecule has 1 aliphatic carbocycles. The van der Waals surface area contributed by atoms with Crippen molar-refractivity contribution in [2.75, 3.05) is 19.7 Å². The summed E-state index contributed by atoms with van der Waals surface area (Å²) in [6.45, 7) is 6.27. The van der Waals surface area contributed by atoms with Gasteiger partial charge >= 0.3 is 0 Å². The van der Waals surface area contributed by atoms with Gasteiger partial charge in [0.05, 0.1) is 24.5 Å². The molecule has 7 heteroatoms. The van der Waals surface area contributed by atoms with Crippen molar-refractivity contribution in [3.63, 3.8) is 0 Å². The average molecular weight is 573 g/mol. The second kappa shape index (κ2) is 13.4. The van der Waals surface area contributed by atoms with Gasteiger partial charge in [0.25, 0.3) is 0 Å². The first-order valence-electron chi connectivity index (χ1n) is 15.4. The Bertz CT molecular complexity index is 1310. The van der Waals surface area contributed by atoms with Crippen molar-refractivity contribution in [2.24, 2.45) is 17.8 Å². The molecule has 7 nitrogen and oxygen atoms in total. The Balaban J connectivity index is 1.24. The summed E-state index contributed by atoms with van der Waals surface area (Å²) < 4.78 is 0. The zero-order valence-corrected chi connectivity index (χ0v) is 24.8. The SMILES string of the molecule is CC/C(=C\c1ccc(O)cc1)CC[C@@H](O)C1=C(C)C[C@H]2C(=O)N(C3CCN(Cc4ccccc4)CC3)C(=O)[C@H]2[C@H]1CO. The maximum absolute atomic E-state index is 13.9. The van der Waals surface area contributed by atoms with E-state index >= 15 is 0 Å². The number of phenolic OH excluding ortho intramolecular Hbond substituents is 1. The van der Waals surface area contributed by atoms with E-state index in [4.69, 9.17) is 0 Å². The van der Waals surface area contributed by atoms with Crippen molar-refractivity contribution < 1.29 is 24.9 Å². The van der Waals surface area contributed by atoms with Gasteiger partial charge in [0.15, 0.2) is 0 Å². The first-order valence-corrected chi connectivity index (χ1v) is 15.4. The normalized spacial score (nSPS) is 24.8. The van der Waals surface area contributed by atoms with Crippen LogP contribution in [0.2, 0.25) is 0 Å². The Labute approximate surface area is 249 Å². The molecule has 2 heterocycles. The lowest BCUT2D eigenvalue weighted by Gasteiger charge is -2.36. The number of likely N-dealkylation sites (tertiary alicyclic amines) is 2. The maximum Gasteiger partial charge on any atom is 0.234 e. The molecule has 3 N–H and O–H groups in total. The molecule has 4 atom stereocenters. The van der Waals surface area contributed by atoms with Crippen molar-refractivity contribution in [1.82, 2.24) is 9.80 Å². The minimum absolute atomic E-state index is 0.108. The van der Waals surface area contributed by atoms with Crippen LogP contribution in [-0.2, 0) is 16.1 Å². The lowest BCUT2D eigenvalue weighted by atomic mass is 9.68. The van der Waals surface area contributed by atoms with Crippen LogP contribution in [0.25, 0.3) is 6.08 Å². The molecule has 2 aliphatic heterocycles. The van der Waals surface area contributed by atoms with Gasteiger partial charge in [-0.05, 0) is 74.3 Å². The summed E-state index contributed by atoms with van der Waals surface area (Å²) in [6, 6.07) is 17.3. The largest absolute Gasteiger partial charge is 0.508 e. The minimum atomic E-state index is -0.795. The summed E-state index contributed by atoms with van der Waals surface area (Å²) in [5.74, 6) is -1.69. The van der Waals surface area contributed by atoms with E-state index in [1.54, 1.807) is 12.1 Å². The van der Waals surface area contributed by atoms with Crippen LogP contribution in [0.4, 0.5) is 0 Å². The Morgan fingerprint density at radius 1 is 1.02 bits per heavy atom. The third-order valence-corrected chi connectivity index (χ3v) is 9.55. The molecule has 3 aliphatic rings. The lowest BCUT2D eigenvalue weighted by Crippen LogP contribution is -2.47.